The van der Waals surface area contributed by atoms with Crippen LogP contribution < -0.4 is 0 Å². The number of aliphatic carboxylic acids is 1. The Hall–Kier alpha value is -3.77. The number of ether oxygens (including phenoxy) is 5. The molecule has 0 saturated carbocycles. The van der Waals surface area contributed by atoms with E-state index in [1.165, 1.54) is 34.6 Å². The summed E-state index contributed by atoms with van der Waals surface area (Å²) >= 11 is 0. The van der Waals surface area contributed by atoms with E-state index in [0.29, 0.717) is 38.5 Å². The van der Waals surface area contributed by atoms with E-state index in [4.69, 9.17) is 28.8 Å². The molecular formula is C28H40O13. The Bertz CT molecular complexity index is 944. The van der Waals surface area contributed by atoms with Gasteiger partial charge in [-0.25, -0.2) is 4.79 Å². The van der Waals surface area contributed by atoms with Crippen LogP contribution in [0.2, 0.25) is 0 Å². The van der Waals surface area contributed by atoms with Crippen molar-refractivity contribution >= 4 is 41.8 Å². The molecule has 2 saturated heterocycles. The van der Waals surface area contributed by atoms with E-state index in [9.17, 15) is 33.6 Å². The number of hydrogen-bond donors (Lipinski definition) is 1. The topological polar surface area (TPSA) is 186 Å². The van der Waals surface area contributed by atoms with Crippen molar-refractivity contribution in [1.82, 2.24) is 0 Å². The maximum atomic E-state index is 12.6. The molecule has 2 unspecified atom stereocenters. The van der Waals surface area contributed by atoms with Crippen LogP contribution in [0.5, 0.6) is 0 Å². The predicted molar refractivity (Wildman–Crippen MR) is 140 cm³/mol. The molecule has 0 aliphatic carbocycles. The third-order valence-electron chi connectivity index (χ3n) is 6.21. The van der Waals surface area contributed by atoms with Gasteiger partial charge in [-0.2, -0.15) is 0 Å². The molecule has 0 radical (unpaired) electrons. The average molecular weight is 585 g/mol. The van der Waals surface area contributed by atoms with Crippen LogP contribution in [0.4, 0.5) is 0 Å². The Morgan fingerprint density at radius 2 is 1.12 bits per heavy atom. The molecule has 41 heavy (non-hydrogen) atoms. The third-order valence-corrected chi connectivity index (χ3v) is 6.21. The first-order valence-electron chi connectivity index (χ1n) is 13.3. The zero-order valence-corrected chi connectivity index (χ0v) is 24.3. The maximum absolute atomic E-state index is 12.6. The highest BCUT2D eigenvalue weighted by molar-refractivity contribution is 5.96. The highest BCUT2D eigenvalue weighted by atomic mass is 16.6. The largest absolute Gasteiger partial charge is 0.478 e. The molecule has 1 N–H and O–H groups in total. The molecule has 13 nitrogen and oxygen atoms in total. The van der Waals surface area contributed by atoms with Crippen LogP contribution in [-0.4, -0.2) is 73.3 Å². The fourth-order valence-corrected chi connectivity index (χ4v) is 3.29. The van der Waals surface area contributed by atoms with E-state index in [1.54, 1.807) is 0 Å². The fraction of sp³-hybridized carbons (Fsp3) is 0.679. The highest BCUT2D eigenvalue weighted by Gasteiger charge is 2.41. The van der Waals surface area contributed by atoms with Crippen molar-refractivity contribution in [2.45, 2.75) is 73.1 Å². The lowest BCUT2D eigenvalue weighted by atomic mass is 9.93. The average Bonchev–Trinajstić information content (AvgIpc) is 3.25. The normalized spacial score (nSPS) is 19.4. The third kappa shape index (κ3) is 11.7. The molecule has 2 atom stereocenters. The van der Waals surface area contributed by atoms with Crippen LogP contribution in [0.1, 0.15) is 73.1 Å². The quantitative estimate of drug-likeness (QED) is 0.180. The van der Waals surface area contributed by atoms with E-state index in [-0.39, 0.29) is 18.8 Å². The van der Waals surface area contributed by atoms with Crippen molar-refractivity contribution in [2.24, 2.45) is 22.7 Å². The lowest BCUT2D eigenvalue weighted by Gasteiger charge is -2.26. The smallest absolute Gasteiger partial charge is 0.330 e. The maximum Gasteiger partial charge on any atom is 0.330 e. The van der Waals surface area contributed by atoms with Gasteiger partial charge in [0, 0.05) is 5.57 Å². The summed E-state index contributed by atoms with van der Waals surface area (Å²) in [5.74, 6) is -7.85. The number of hydrogen-bond acceptors (Lipinski definition) is 12. The molecule has 13 heteroatoms. The number of cyclic esters (lactones) is 2. The van der Waals surface area contributed by atoms with Gasteiger partial charge in [0.2, 0.25) is 0 Å². The fourth-order valence-electron chi connectivity index (χ4n) is 3.29. The van der Waals surface area contributed by atoms with Gasteiger partial charge in [-0.1, -0.05) is 6.58 Å². The van der Waals surface area contributed by atoms with Gasteiger partial charge in [0.1, 0.15) is 13.2 Å². The zero-order chi connectivity index (χ0) is 31.4. The Morgan fingerprint density at radius 1 is 0.780 bits per heavy atom. The molecule has 0 amide bonds. The molecule has 0 aromatic heterocycles. The first kappa shape index (κ1) is 35.3. The van der Waals surface area contributed by atoms with Gasteiger partial charge >= 0.3 is 41.8 Å². The molecule has 2 rings (SSSR count). The molecule has 2 aliphatic rings. The number of rotatable bonds is 9. The van der Waals surface area contributed by atoms with Crippen LogP contribution in [-0.2, 0) is 57.2 Å². The zero-order valence-electron chi connectivity index (χ0n) is 24.3. The van der Waals surface area contributed by atoms with E-state index < -0.39 is 77.7 Å². The number of carbonyl (C=O) groups excluding carboxylic acids is 6. The molecule has 2 fully saturated rings. The Labute approximate surface area is 238 Å². The Kier molecular flexibility index (Phi) is 13.6. The minimum Gasteiger partial charge on any atom is -0.478 e. The van der Waals surface area contributed by atoms with Gasteiger partial charge in [0.05, 0.1) is 24.0 Å². The second-order valence-corrected chi connectivity index (χ2v) is 11.2. The van der Waals surface area contributed by atoms with E-state index in [0.717, 1.165) is 0 Å². The van der Waals surface area contributed by atoms with Crippen molar-refractivity contribution in [2.75, 3.05) is 26.4 Å². The van der Waals surface area contributed by atoms with Crippen molar-refractivity contribution in [3.8, 4) is 0 Å². The van der Waals surface area contributed by atoms with E-state index >= 15 is 0 Å². The highest BCUT2D eigenvalue weighted by Crippen LogP contribution is 2.26. The van der Waals surface area contributed by atoms with Crippen LogP contribution in [0, 0.1) is 22.7 Å². The number of esters is 6. The minimum atomic E-state index is -1.39. The summed E-state index contributed by atoms with van der Waals surface area (Å²) in [6, 6.07) is 0. The Balaban J connectivity index is 0.00000126. The van der Waals surface area contributed by atoms with Crippen molar-refractivity contribution in [3.63, 3.8) is 0 Å². The summed E-state index contributed by atoms with van der Waals surface area (Å²) in [6.07, 6.45) is 3.18. The first-order chi connectivity index (χ1) is 19.0. The molecule has 0 aromatic rings. The SMILES string of the molecule is C=C(C)C(=O)O.CC(C)(COC(=O)C1CCCCOC1=O)C(=O)OC(=O)C(C)(C)COC(=O)C1CCCCOC1=O. The molecule has 2 heterocycles. The van der Waals surface area contributed by atoms with Crippen LogP contribution in [0.3, 0.4) is 0 Å². The first-order valence-corrected chi connectivity index (χ1v) is 13.3. The summed E-state index contributed by atoms with van der Waals surface area (Å²) in [5.41, 5.74) is -2.61. The van der Waals surface area contributed by atoms with Gasteiger partial charge in [-0.15, -0.1) is 0 Å². The van der Waals surface area contributed by atoms with Gasteiger partial charge in [-0.05, 0) is 73.1 Å². The van der Waals surface area contributed by atoms with Gasteiger partial charge < -0.3 is 28.8 Å². The van der Waals surface area contributed by atoms with Crippen molar-refractivity contribution in [3.05, 3.63) is 12.2 Å². The molecule has 230 valence electrons. The minimum absolute atomic E-state index is 0.176. The number of carboxylic acid groups (broad SMARTS) is 1. The van der Waals surface area contributed by atoms with Crippen LogP contribution >= 0.6 is 0 Å². The van der Waals surface area contributed by atoms with Gasteiger partial charge in [0.15, 0.2) is 11.8 Å². The molecular weight excluding hydrogens is 544 g/mol. The number of carboxylic acids is 1. The summed E-state index contributed by atoms with van der Waals surface area (Å²) in [7, 11) is 0. The summed E-state index contributed by atoms with van der Waals surface area (Å²) in [5, 5.41) is 7.89. The van der Waals surface area contributed by atoms with Crippen LogP contribution in [0.25, 0.3) is 0 Å². The molecule has 0 bridgehead atoms. The summed E-state index contributed by atoms with van der Waals surface area (Å²) in [6.45, 7) is 9.96. The molecule has 0 spiro atoms. The molecule has 2 aliphatic heterocycles. The van der Waals surface area contributed by atoms with Crippen LogP contribution in [0.15, 0.2) is 12.2 Å². The molecule has 0 aromatic carbocycles. The van der Waals surface area contributed by atoms with E-state index in [1.807, 2.05) is 0 Å². The second kappa shape index (κ2) is 15.9. The summed E-state index contributed by atoms with van der Waals surface area (Å²) in [4.78, 5) is 83.2. The standard InChI is InChI=1S/C24H34O11.C4H6O2/c1-23(2,13-33-19(27)15-9-5-7-11-31-17(15)25)21(29)35-22(30)24(3,4)14-34-20(28)16-10-6-8-12-32-18(16)26;1-3(2)4(5)6/h15-16H,5-14H2,1-4H3;1H2,2H3,(H,5,6). The van der Waals surface area contributed by atoms with E-state index in [2.05, 4.69) is 6.58 Å². The monoisotopic (exact) mass is 584 g/mol. The predicted octanol–water partition coefficient (Wildman–Crippen LogP) is 2.53. The van der Waals surface area contributed by atoms with Crippen molar-refractivity contribution in [1.29, 1.82) is 0 Å². The van der Waals surface area contributed by atoms with Crippen molar-refractivity contribution < 1.29 is 62.4 Å². The van der Waals surface area contributed by atoms with Gasteiger partial charge in [-0.3, -0.25) is 28.8 Å². The van der Waals surface area contributed by atoms with Gasteiger partial charge in [0.25, 0.3) is 0 Å². The Morgan fingerprint density at radius 3 is 1.44 bits per heavy atom. The second-order valence-electron chi connectivity index (χ2n) is 11.2. The lowest BCUT2D eigenvalue weighted by Crippen LogP contribution is -2.40. The number of carbonyl (C=O) groups is 7. The summed E-state index contributed by atoms with van der Waals surface area (Å²) < 4.78 is 25.2. The lowest BCUT2D eigenvalue weighted by molar-refractivity contribution is -0.177.